The average molecular weight is 283 g/mol. The van der Waals surface area contributed by atoms with E-state index < -0.39 is 0 Å². The number of rotatable bonds is 1. The SMILES string of the molecule is CC1=CC(N)C(C)(/C2=C/C=C\C=C/CCCCCC2)C=C1. The van der Waals surface area contributed by atoms with Crippen LogP contribution in [0, 0.1) is 5.41 Å². The maximum absolute atomic E-state index is 6.44. The molecule has 1 nitrogen and oxygen atoms in total. The Labute approximate surface area is 130 Å². The maximum atomic E-state index is 6.44. The largest absolute Gasteiger partial charge is 0.323 e. The van der Waals surface area contributed by atoms with Gasteiger partial charge in [-0.25, -0.2) is 0 Å². The van der Waals surface area contributed by atoms with Crippen LogP contribution in [0.1, 0.15) is 52.4 Å². The van der Waals surface area contributed by atoms with Gasteiger partial charge in [-0.05, 0) is 32.6 Å². The fourth-order valence-electron chi connectivity index (χ4n) is 3.12. The van der Waals surface area contributed by atoms with Gasteiger partial charge in [-0.3, -0.25) is 0 Å². The van der Waals surface area contributed by atoms with Crippen molar-refractivity contribution in [2.75, 3.05) is 0 Å². The van der Waals surface area contributed by atoms with Gasteiger partial charge in [0.2, 0.25) is 0 Å². The summed E-state index contributed by atoms with van der Waals surface area (Å²) in [6.45, 7) is 4.40. The molecule has 0 aromatic carbocycles. The van der Waals surface area contributed by atoms with Gasteiger partial charge in [-0.15, -0.1) is 0 Å². The van der Waals surface area contributed by atoms with E-state index in [-0.39, 0.29) is 11.5 Å². The Bertz CT molecular complexity index is 490. The molecule has 21 heavy (non-hydrogen) atoms. The molecule has 0 saturated heterocycles. The molecule has 0 spiro atoms. The summed E-state index contributed by atoms with van der Waals surface area (Å²) in [7, 11) is 0. The van der Waals surface area contributed by atoms with Gasteiger partial charge < -0.3 is 5.73 Å². The van der Waals surface area contributed by atoms with Crippen LogP contribution in [0.3, 0.4) is 0 Å². The standard InChI is InChI=1S/C20H29N/c1-17-14-15-20(2,19(21)16-17)18-12-10-8-6-4-3-5-7-9-11-13-18/h4,6,8,10,12,14-16,19H,3,5,7,9,11,13,21H2,1-2H3/b6-4-,10-8-,18-12+. The van der Waals surface area contributed by atoms with Crippen LogP contribution in [0.2, 0.25) is 0 Å². The predicted molar refractivity (Wildman–Crippen MR) is 93.0 cm³/mol. The molecule has 0 radical (unpaired) electrons. The minimum atomic E-state index is -0.0440. The lowest BCUT2D eigenvalue weighted by Gasteiger charge is -2.36. The topological polar surface area (TPSA) is 26.0 Å². The van der Waals surface area contributed by atoms with E-state index in [0.717, 1.165) is 6.42 Å². The van der Waals surface area contributed by atoms with Gasteiger partial charge in [0, 0.05) is 11.5 Å². The monoisotopic (exact) mass is 283 g/mol. The number of allylic oxidation sites excluding steroid dienone is 7. The maximum Gasteiger partial charge on any atom is 0.0357 e. The van der Waals surface area contributed by atoms with Crippen molar-refractivity contribution in [1.29, 1.82) is 0 Å². The van der Waals surface area contributed by atoms with Crippen LogP contribution >= 0.6 is 0 Å². The molecular weight excluding hydrogens is 254 g/mol. The smallest absolute Gasteiger partial charge is 0.0357 e. The Balaban J connectivity index is 2.22. The first-order valence-electron chi connectivity index (χ1n) is 8.29. The zero-order chi connectivity index (χ0) is 15.1. The number of hydrogen-bond donors (Lipinski definition) is 1. The Morgan fingerprint density at radius 1 is 1.10 bits per heavy atom. The average Bonchev–Trinajstić information content (AvgIpc) is 2.44. The van der Waals surface area contributed by atoms with E-state index >= 15 is 0 Å². The molecule has 0 aromatic rings. The molecule has 2 N–H and O–H groups in total. The van der Waals surface area contributed by atoms with Crippen molar-refractivity contribution < 1.29 is 0 Å². The summed E-state index contributed by atoms with van der Waals surface area (Å²) in [4.78, 5) is 0. The van der Waals surface area contributed by atoms with E-state index in [2.05, 4.69) is 62.5 Å². The van der Waals surface area contributed by atoms with Crippen molar-refractivity contribution in [1.82, 2.24) is 0 Å². The lowest BCUT2D eigenvalue weighted by Crippen LogP contribution is -2.39. The van der Waals surface area contributed by atoms with Crippen LogP contribution in [0.15, 0.2) is 59.8 Å². The molecule has 1 heteroatoms. The molecule has 0 aliphatic heterocycles. The van der Waals surface area contributed by atoms with Crippen LogP contribution < -0.4 is 5.73 Å². The molecule has 114 valence electrons. The summed E-state index contributed by atoms with van der Waals surface area (Å²) < 4.78 is 0. The molecule has 0 aromatic heterocycles. The van der Waals surface area contributed by atoms with Gasteiger partial charge in [0.15, 0.2) is 0 Å². The fourth-order valence-corrected chi connectivity index (χ4v) is 3.12. The van der Waals surface area contributed by atoms with Gasteiger partial charge in [-0.1, -0.05) is 79.5 Å². The molecule has 0 amide bonds. The van der Waals surface area contributed by atoms with E-state index in [1.54, 1.807) is 0 Å². The second kappa shape index (κ2) is 7.61. The fraction of sp³-hybridized carbons (Fsp3) is 0.500. The highest BCUT2D eigenvalue weighted by Crippen LogP contribution is 2.38. The Hall–Kier alpha value is -1.34. The first-order chi connectivity index (χ1) is 10.1. The number of hydrogen-bond acceptors (Lipinski definition) is 1. The molecule has 0 fully saturated rings. The highest BCUT2D eigenvalue weighted by molar-refractivity contribution is 5.38. The molecule has 2 atom stereocenters. The number of nitrogens with two attached hydrogens (primary N) is 1. The molecule has 2 unspecified atom stereocenters. The second-order valence-corrected chi connectivity index (χ2v) is 6.51. The van der Waals surface area contributed by atoms with Crippen LogP contribution in [0.5, 0.6) is 0 Å². The normalized spacial score (nSPS) is 36.6. The van der Waals surface area contributed by atoms with E-state index in [0.29, 0.717) is 0 Å². The summed E-state index contributed by atoms with van der Waals surface area (Å²) in [5.74, 6) is 0. The van der Waals surface area contributed by atoms with Crippen molar-refractivity contribution >= 4 is 0 Å². The summed E-state index contributed by atoms with van der Waals surface area (Å²) in [5.41, 5.74) is 9.13. The van der Waals surface area contributed by atoms with E-state index in [4.69, 9.17) is 5.73 Å². The quantitative estimate of drug-likeness (QED) is 0.700. The Morgan fingerprint density at radius 2 is 1.90 bits per heavy atom. The molecule has 2 rings (SSSR count). The third kappa shape index (κ3) is 4.31. The lowest BCUT2D eigenvalue weighted by atomic mass is 9.70. The zero-order valence-corrected chi connectivity index (χ0v) is 13.5. The first kappa shape index (κ1) is 16.0. The van der Waals surface area contributed by atoms with Crippen LogP contribution in [0.4, 0.5) is 0 Å². The highest BCUT2D eigenvalue weighted by Gasteiger charge is 2.33. The third-order valence-corrected chi connectivity index (χ3v) is 4.74. The van der Waals surface area contributed by atoms with Gasteiger partial charge in [0.25, 0.3) is 0 Å². The van der Waals surface area contributed by atoms with E-state index in [1.165, 1.54) is 43.3 Å². The Kier molecular flexibility index (Phi) is 5.81. The van der Waals surface area contributed by atoms with E-state index in [9.17, 15) is 0 Å². The summed E-state index contributed by atoms with van der Waals surface area (Å²) in [5, 5.41) is 0. The van der Waals surface area contributed by atoms with Crippen LogP contribution in [-0.2, 0) is 0 Å². The summed E-state index contributed by atoms with van der Waals surface area (Å²) >= 11 is 0. The van der Waals surface area contributed by atoms with Gasteiger partial charge in [0.05, 0.1) is 0 Å². The third-order valence-electron chi connectivity index (χ3n) is 4.74. The summed E-state index contributed by atoms with van der Waals surface area (Å²) in [6, 6.07) is 0.0746. The summed E-state index contributed by atoms with van der Waals surface area (Å²) in [6.07, 6.45) is 25.3. The molecule has 0 saturated carbocycles. The van der Waals surface area contributed by atoms with Gasteiger partial charge in [-0.2, -0.15) is 0 Å². The molecule has 2 aliphatic carbocycles. The van der Waals surface area contributed by atoms with E-state index in [1.807, 2.05) is 0 Å². The highest BCUT2D eigenvalue weighted by atomic mass is 14.7. The van der Waals surface area contributed by atoms with Crippen molar-refractivity contribution in [2.24, 2.45) is 11.1 Å². The van der Waals surface area contributed by atoms with Gasteiger partial charge >= 0.3 is 0 Å². The lowest BCUT2D eigenvalue weighted by molar-refractivity contribution is 0.426. The van der Waals surface area contributed by atoms with Gasteiger partial charge in [0.1, 0.15) is 0 Å². The molecular formula is C20H29N. The molecule has 0 bridgehead atoms. The van der Waals surface area contributed by atoms with Crippen LogP contribution in [-0.4, -0.2) is 6.04 Å². The minimum absolute atomic E-state index is 0.0440. The first-order valence-corrected chi connectivity index (χ1v) is 8.29. The predicted octanol–water partition coefficient (Wildman–Crippen LogP) is 5.23. The van der Waals surface area contributed by atoms with Crippen molar-refractivity contribution in [3.63, 3.8) is 0 Å². The molecule has 2 aliphatic rings. The van der Waals surface area contributed by atoms with Crippen molar-refractivity contribution in [3.05, 3.63) is 59.8 Å². The van der Waals surface area contributed by atoms with Crippen LogP contribution in [0.25, 0.3) is 0 Å². The minimum Gasteiger partial charge on any atom is -0.323 e. The second-order valence-electron chi connectivity index (χ2n) is 6.51. The zero-order valence-electron chi connectivity index (χ0n) is 13.5. The van der Waals surface area contributed by atoms with Crippen molar-refractivity contribution in [3.8, 4) is 0 Å². The van der Waals surface area contributed by atoms with Crippen molar-refractivity contribution in [2.45, 2.75) is 58.4 Å². The Morgan fingerprint density at radius 3 is 2.71 bits per heavy atom. The molecule has 0 heterocycles.